The van der Waals surface area contributed by atoms with Crippen molar-refractivity contribution in [2.45, 2.75) is 25.3 Å². The molecule has 3 heteroatoms. The van der Waals surface area contributed by atoms with Gasteiger partial charge in [-0.05, 0) is 38.6 Å². The van der Waals surface area contributed by atoms with Crippen molar-refractivity contribution in [2.24, 2.45) is 0 Å². The van der Waals surface area contributed by atoms with Gasteiger partial charge in [0.25, 0.3) is 0 Å². The molecule has 1 aromatic carbocycles. The summed E-state index contributed by atoms with van der Waals surface area (Å²) in [4.78, 5) is 2.44. The molecule has 0 spiro atoms. The SMILES string of the molecule is CN1CCCC[C@@H]1CNc1ccccc1N. The first-order valence-electron chi connectivity index (χ1n) is 6.06. The first-order chi connectivity index (χ1) is 7.77. The number of nitrogen functional groups attached to an aromatic ring is 1. The van der Waals surface area contributed by atoms with Crippen LogP contribution in [-0.4, -0.2) is 31.1 Å². The maximum atomic E-state index is 5.89. The predicted octanol–water partition coefficient (Wildman–Crippen LogP) is 2.17. The molecule has 16 heavy (non-hydrogen) atoms. The molecule has 0 saturated carbocycles. The molecule has 0 bridgehead atoms. The number of para-hydroxylation sites is 2. The standard InChI is InChI=1S/C13H21N3/c1-16-9-5-4-6-11(16)10-15-13-8-3-2-7-12(13)14/h2-3,7-8,11,15H,4-6,9-10,14H2,1H3/t11-/m1/s1. The van der Waals surface area contributed by atoms with Crippen LogP contribution in [0.5, 0.6) is 0 Å². The van der Waals surface area contributed by atoms with E-state index in [-0.39, 0.29) is 0 Å². The Balaban J connectivity index is 1.89. The fourth-order valence-corrected chi connectivity index (χ4v) is 2.29. The number of likely N-dealkylation sites (N-methyl/N-ethyl adjacent to an activating group) is 1. The predicted molar refractivity (Wildman–Crippen MR) is 69.6 cm³/mol. The molecule has 88 valence electrons. The highest BCUT2D eigenvalue weighted by molar-refractivity contribution is 5.65. The number of likely N-dealkylation sites (tertiary alicyclic amines) is 1. The first kappa shape index (κ1) is 11.3. The summed E-state index contributed by atoms with van der Waals surface area (Å²) >= 11 is 0. The van der Waals surface area contributed by atoms with E-state index in [2.05, 4.69) is 17.3 Å². The van der Waals surface area contributed by atoms with E-state index >= 15 is 0 Å². The van der Waals surface area contributed by atoms with E-state index in [0.717, 1.165) is 17.9 Å². The van der Waals surface area contributed by atoms with Crippen LogP contribution in [0.25, 0.3) is 0 Å². The molecule has 1 fully saturated rings. The van der Waals surface area contributed by atoms with Crippen molar-refractivity contribution < 1.29 is 0 Å². The summed E-state index contributed by atoms with van der Waals surface area (Å²) in [6.07, 6.45) is 3.97. The highest BCUT2D eigenvalue weighted by Crippen LogP contribution is 2.19. The van der Waals surface area contributed by atoms with Gasteiger partial charge in [0.2, 0.25) is 0 Å². The fraction of sp³-hybridized carbons (Fsp3) is 0.538. The molecule has 1 heterocycles. The number of benzene rings is 1. The van der Waals surface area contributed by atoms with Gasteiger partial charge in [0.05, 0.1) is 11.4 Å². The Kier molecular flexibility index (Phi) is 3.67. The zero-order chi connectivity index (χ0) is 11.4. The Morgan fingerprint density at radius 2 is 2.19 bits per heavy atom. The molecule has 0 unspecified atom stereocenters. The smallest absolute Gasteiger partial charge is 0.0574 e. The van der Waals surface area contributed by atoms with Gasteiger partial charge in [-0.2, -0.15) is 0 Å². The molecule has 1 aliphatic rings. The summed E-state index contributed by atoms with van der Waals surface area (Å²) in [5, 5.41) is 3.45. The first-order valence-corrected chi connectivity index (χ1v) is 6.06. The number of hydrogen-bond acceptors (Lipinski definition) is 3. The van der Waals surface area contributed by atoms with E-state index in [1.165, 1.54) is 25.8 Å². The van der Waals surface area contributed by atoms with E-state index in [9.17, 15) is 0 Å². The molecular weight excluding hydrogens is 198 g/mol. The number of rotatable bonds is 3. The maximum Gasteiger partial charge on any atom is 0.0574 e. The van der Waals surface area contributed by atoms with Crippen LogP contribution >= 0.6 is 0 Å². The number of nitrogens with two attached hydrogens (primary N) is 1. The molecule has 0 aliphatic carbocycles. The lowest BCUT2D eigenvalue weighted by Gasteiger charge is -2.32. The van der Waals surface area contributed by atoms with E-state index in [4.69, 9.17) is 5.73 Å². The third-order valence-corrected chi connectivity index (χ3v) is 3.41. The van der Waals surface area contributed by atoms with Crippen molar-refractivity contribution in [3.63, 3.8) is 0 Å². The van der Waals surface area contributed by atoms with Crippen LogP contribution in [0.15, 0.2) is 24.3 Å². The van der Waals surface area contributed by atoms with Crippen LogP contribution in [0.3, 0.4) is 0 Å². The van der Waals surface area contributed by atoms with Crippen molar-refractivity contribution in [1.29, 1.82) is 0 Å². The van der Waals surface area contributed by atoms with Gasteiger partial charge in [0, 0.05) is 12.6 Å². The Morgan fingerprint density at radius 3 is 2.94 bits per heavy atom. The van der Waals surface area contributed by atoms with Crippen LogP contribution in [0, 0.1) is 0 Å². The summed E-state index contributed by atoms with van der Waals surface area (Å²) in [5.41, 5.74) is 7.79. The van der Waals surface area contributed by atoms with Gasteiger partial charge >= 0.3 is 0 Å². The van der Waals surface area contributed by atoms with E-state index in [0.29, 0.717) is 6.04 Å². The van der Waals surface area contributed by atoms with Crippen molar-refractivity contribution in [1.82, 2.24) is 4.90 Å². The molecule has 3 nitrogen and oxygen atoms in total. The lowest BCUT2D eigenvalue weighted by molar-refractivity contribution is 0.194. The second-order valence-corrected chi connectivity index (χ2v) is 4.60. The van der Waals surface area contributed by atoms with E-state index in [1.54, 1.807) is 0 Å². The van der Waals surface area contributed by atoms with Crippen LogP contribution < -0.4 is 11.1 Å². The number of nitrogens with zero attached hydrogens (tertiary/aromatic N) is 1. The number of nitrogens with one attached hydrogen (secondary N) is 1. The van der Waals surface area contributed by atoms with Gasteiger partial charge < -0.3 is 16.0 Å². The lowest BCUT2D eigenvalue weighted by atomic mass is 10.0. The monoisotopic (exact) mass is 219 g/mol. The Hall–Kier alpha value is -1.22. The molecule has 1 saturated heterocycles. The third-order valence-electron chi connectivity index (χ3n) is 3.41. The quantitative estimate of drug-likeness (QED) is 0.765. The van der Waals surface area contributed by atoms with Crippen LogP contribution in [0.4, 0.5) is 11.4 Å². The average Bonchev–Trinajstić information content (AvgIpc) is 2.30. The van der Waals surface area contributed by atoms with Crippen molar-refractivity contribution >= 4 is 11.4 Å². The molecule has 0 aromatic heterocycles. The summed E-state index contributed by atoms with van der Waals surface area (Å²) < 4.78 is 0. The minimum atomic E-state index is 0.647. The van der Waals surface area contributed by atoms with Crippen molar-refractivity contribution in [2.75, 3.05) is 31.2 Å². The summed E-state index contributed by atoms with van der Waals surface area (Å²) in [5.74, 6) is 0. The molecule has 2 rings (SSSR count). The van der Waals surface area contributed by atoms with Gasteiger partial charge in [0.15, 0.2) is 0 Å². The van der Waals surface area contributed by atoms with Crippen molar-refractivity contribution in [3.05, 3.63) is 24.3 Å². The topological polar surface area (TPSA) is 41.3 Å². The number of piperidine rings is 1. The highest BCUT2D eigenvalue weighted by atomic mass is 15.2. The normalized spacial score (nSPS) is 21.9. The molecule has 1 aromatic rings. The minimum Gasteiger partial charge on any atom is -0.397 e. The van der Waals surface area contributed by atoms with E-state index in [1.807, 2.05) is 24.3 Å². The maximum absolute atomic E-state index is 5.89. The molecule has 0 amide bonds. The van der Waals surface area contributed by atoms with Gasteiger partial charge in [0.1, 0.15) is 0 Å². The summed E-state index contributed by atoms with van der Waals surface area (Å²) in [7, 11) is 2.21. The molecular formula is C13H21N3. The second kappa shape index (κ2) is 5.21. The van der Waals surface area contributed by atoms with Gasteiger partial charge in [-0.15, -0.1) is 0 Å². The number of hydrogen-bond donors (Lipinski definition) is 2. The molecule has 1 atom stereocenters. The Morgan fingerprint density at radius 1 is 1.38 bits per heavy atom. The fourth-order valence-electron chi connectivity index (χ4n) is 2.29. The lowest BCUT2D eigenvalue weighted by Crippen LogP contribution is -2.40. The largest absolute Gasteiger partial charge is 0.397 e. The van der Waals surface area contributed by atoms with Crippen LogP contribution in [-0.2, 0) is 0 Å². The van der Waals surface area contributed by atoms with Gasteiger partial charge in [-0.3, -0.25) is 0 Å². The Bertz CT molecular complexity index is 338. The van der Waals surface area contributed by atoms with Crippen LogP contribution in [0.1, 0.15) is 19.3 Å². The van der Waals surface area contributed by atoms with Crippen molar-refractivity contribution in [3.8, 4) is 0 Å². The zero-order valence-corrected chi connectivity index (χ0v) is 9.95. The van der Waals surface area contributed by atoms with Gasteiger partial charge in [-0.1, -0.05) is 18.6 Å². The Labute approximate surface area is 97.6 Å². The van der Waals surface area contributed by atoms with Crippen LogP contribution in [0.2, 0.25) is 0 Å². The third kappa shape index (κ3) is 2.67. The number of anilines is 2. The molecule has 3 N–H and O–H groups in total. The van der Waals surface area contributed by atoms with E-state index < -0.39 is 0 Å². The highest BCUT2D eigenvalue weighted by Gasteiger charge is 2.18. The minimum absolute atomic E-state index is 0.647. The zero-order valence-electron chi connectivity index (χ0n) is 9.95. The summed E-state index contributed by atoms with van der Waals surface area (Å²) in [6, 6.07) is 8.61. The molecule has 0 radical (unpaired) electrons. The molecule has 1 aliphatic heterocycles. The second-order valence-electron chi connectivity index (χ2n) is 4.60. The average molecular weight is 219 g/mol. The summed E-state index contributed by atoms with van der Waals surface area (Å²) in [6.45, 7) is 2.21. The van der Waals surface area contributed by atoms with Gasteiger partial charge in [-0.25, -0.2) is 0 Å².